The maximum Gasteiger partial charge on any atom is 0.280 e. The molecule has 0 saturated carbocycles. The topological polar surface area (TPSA) is 63.4 Å². The highest BCUT2D eigenvalue weighted by Gasteiger charge is 2.18. The number of hydrogen-bond acceptors (Lipinski definition) is 4. The minimum atomic E-state index is -0.519. The minimum Gasteiger partial charge on any atom is -0.374 e. The lowest BCUT2D eigenvalue weighted by atomic mass is 10.1. The number of nitrogens with zero attached hydrogens (tertiary/aromatic N) is 2. The van der Waals surface area contributed by atoms with Crippen molar-refractivity contribution in [3.63, 3.8) is 0 Å². The molecular formula is C14H20N2O3. The van der Waals surface area contributed by atoms with E-state index >= 15 is 0 Å². The second-order valence-corrected chi connectivity index (χ2v) is 4.91. The standard InChI is InChI=1S/C14H20N2O3/c1-5-10(2)9-15(4)12-6-7-14(16(18)19)13(8-12)11(3)17/h6-8,10H,5,9H2,1-4H3. The Morgan fingerprint density at radius 3 is 2.58 bits per heavy atom. The van der Waals surface area contributed by atoms with E-state index < -0.39 is 4.92 Å². The average Bonchev–Trinajstić information content (AvgIpc) is 2.37. The molecule has 1 aromatic carbocycles. The summed E-state index contributed by atoms with van der Waals surface area (Å²) < 4.78 is 0. The van der Waals surface area contributed by atoms with Gasteiger partial charge >= 0.3 is 0 Å². The molecule has 1 rings (SSSR count). The van der Waals surface area contributed by atoms with E-state index in [4.69, 9.17) is 0 Å². The van der Waals surface area contributed by atoms with Crippen molar-refractivity contribution >= 4 is 17.2 Å². The van der Waals surface area contributed by atoms with Gasteiger partial charge in [-0.25, -0.2) is 0 Å². The van der Waals surface area contributed by atoms with Crippen LogP contribution in [-0.4, -0.2) is 24.3 Å². The highest BCUT2D eigenvalue weighted by atomic mass is 16.6. The summed E-state index contributed by atoms with van der Waals surface area (Å²) in [5, 5.41) is 10.9. The van der Waals surface area contributed by atoms with E-state index in [1.165, 1.54) is 13.0 Å². The first kappa shape index (κ1) is 15.1. The molecule has 104 valence electrons. The highest BCUT2D eigenvalue weighted by Crippen LogP contribution is 2.25. The van der Waals surface area contributed by atoms with Crippen molar-refractivity contribution in [2.45, 2.75) is 27.2 Å². The smallest absolute Gasteiger partial charge is 0.280 e. The summed E-state index contributed by atoms with van der Waals surface area (Å²) in [4.78, 5) is 23.9. The molecule has 5 heteroatoms. The molecule has 0 spiro atoms. The van der Waals surface area contributed by atoms with Gasteiger partial charge in [-0.15, -0.1) is 0 Å². The number of ketones is 1. The van der Waals surface area contributed by atoms with Gasteiger partial charge in [0, 0.05) is 25.3 Å². The largest absolute Gasteiger partial charge is 0.374 e. The molecule has 0 heterocycles. The normalized spacial score (nSPS) is 12.0. The number of Topliss-reactive ketones (excluding diaryl/α,β-unsaturated/α-hetero) is 1. The fourth-order valence-electron chi connectivity index (χ4n) is 1.90. The molecule has 0 aliphatic rings. The summed E-state index contributed by atoms with van der Waals surface area (Å²) >= 11 is 0. The predicted octanol–water partition coefficient (Wildman–Crippen LogP) is 3.28. The van der Waals surface area contributed by atoms with Crippen LogP contribution in [0.15, 0.2) is 18.2 Å². The molecule has 0 fully saturated rings. The molecule has 0 aliphatic carbocycles. The molecular weight excluding hydrogens is 244 g/mol. The molecule has 1 aromatic rings. The molecule has 0 saturated heterocycles. The lowest BCUT2D eigenvalue weighted by molar-refractivity contribution is -0.385. The summed E-state index contributed by atoms with van der Waals surface area (Å²) in [5.41, 5.74) is 0.864. The Labute approximate surface area is 113 Å². The van der Waals surface area contributed by atoms with Crippen LogP contribution in [0.5, 0.6) is 0 Å². The summed E-state index contributed by atoms with van der Waals surface area (Å²) in [6.45, 7) is 6.47. The van der Waals surface area contributed by atoms with Crippen molar-refractivity contribution < 1.29 is 9.72 Å². The average molecular weight is 264 g/mol. The molecule has 0 N–H and O–H groups in total. The van der Waals surface area contributed by atoms with Crippen molar-refractivity contribution in [3.05, 3.63) is 33.9 Å². The Bertz CT molecular complexity index is 486. The van der Waals surface area contributed by atoms with E-state index in [1.807, 2.05) is 11.9 Å². The number of carbonyl (C=O) groups is 1. The molecule has 0 bridgehead atoms. The van der Waals surface area contributed by atoms with Gasteiger partial charge in [0.1, 0.15) is 0 Å². The van der Waals surface area contributed by atoms with Crippen LogP contribution >= 0.6 is 0 Å². The number of nitro benzene ring substituents is 1. The van der Waals surface area contributed by atoms with E-state index in [1.54, 1.807) is 12.1 Å². The fourth-order valence-corrected chi connectivity index (χ4v) is 1.90. The van der Waals surface area contributed by atoms with Crippen LogP contribution in [0.3, 0.4) is 0 Å². The quantitative estimate of drug-likeness (QED) is 0.449. The zero-order valence-electron chi connectivity index (χ0n) is 11.8. The third-order valence-electron chi connectivity index (χ3n) is 3.28. The van der Waals surface area contributed by atoms with Gasteiger partial charge in [0.2, 0.25) is 0 Å². The van der Waals surface area contributed by atoms with Gasteiger partial charge in [0.05, 0.1) is 10.5 Å². The monoisotopic (exact) mass is 264 g/mol. The van der Waals surface area contributed by atoms with Gasteiger partial charge in [-0.3, -0.25) is 14.9 Å². The second-order valence-electron chi connectivity index (χ2n) is 4.91. The number of benzene rings is 1. The van der Waals surface area contributed by atoms with Crippen molar-refractivity contribution in [3.8, 4) is 0 Å². The maximum absolute atomic E-state index is 11.5. The summed E-state index contributed by atoms with van der Waals surface area (Å²) in [5.74, 6) is 0.242. The van der Waals surface area contributed by atoms with E-state index in [0.29, 0.717) is 5.92 Å². The SMILES string of the molecule is CCC(C)CN(C)c1ccc([N+](=O)[O-])c(C(C)=O)c1. The number of anilines is 1. The molecule has 0 aromatic heterocycles. The summed E-state index contributed by atoms with van der Waals surface area (Å²) in [6.07, 6.45) is 1.07. The molecule has 1 atom stereocenters. The lowest BCUT2D eigenvalue weighted by Gasteiger charge is -2.23. The van der Waals surface area contributed by atoms with E-state index in [0.717, 1.165) is 18.7 Å². The number of carbonyl (C=O) groups excluding carboxylic acids is 1. The van der Waals surface area contributed by atoms with Gasteiger partial charge in [0.25, 0.3) is 5.69 Å². The number of rotatable bonds is 6. The van der Waals surface area contributed by atoms with Gasteiger partial charge in [-0.2, -0.15) is 0 Å². The zero-order valence-corrected chi connectivity index (χ0v) is 11.8. The first-order valence-electron chi connectivity index (χ1n) is 6.37. The minimum absolute atomic E-state index is 0.131. The lowest BCUT2D eigenvalue weighted by Crippen LogP contribution is -2.23. The maximum atomic E-state index is 11.5. The zero-order chi connectivity index (χ0) is 14.6. The Morgan fingerprint density at radius 2 is 2.11 bits per heavy atom. The Kier molecular flexibility index (Phi) is 5.03. The summed E-state index contributed by atoms with van der Waals surface area (Å²) in [6, 6.07) is 4.69. The molecule has 0 amide bonds. The van der Waals surface area contributed by atoms with E-state index in [-0.39, 0.29) is 17.0 Å². The van der Waals surface area contributed by atoms with Crippen LogP contribution in [0.1, 0.15) is 37.6 Å². The van der Waals surface area contributed by atoms with Crippen LogP contribution in [0.2, 0.25) is 0 Å². The highest BCUT2D eigenvalue weighted by molar-refractivity contribution is 5.99. The van der Waals surface area contributed by atoms with Crippen LogP contribution in [0.4, 0.5) is 11.4 Å². The van der Waals surface area contributed by atoms with Crippen LogP contribution in [0.25, 0.3) is 0 Å². The van der Waals surface area contributed by atoms with Crippen LogP contribution in [0, 0.1) is 16.0 Å². The molecule has 5 nitrogen and oxygen atoms in total. The summed E-state index contributed by atoms with van der Waals surface area (Å²) in [7, 11) is 1.93. The first-order valence-corrected chi connectivity index (χ1v) is 6.37. The van der Waals surface area contributed by atoms with Gasteiger partial charge in [-0.1, -0.05) is 20.3 Å². The first-order chi connectivity index (χ1) is 8.86. The third kappa shape index (κ3) is 3.77. The Balaban J connectivity index is 3.08. The van der Waals surface area contributed by atoms with Crippen molar-refractivity contribution in [1.82, 2.24) is 0 Å². The van der Waals surface area contributed by atoms with Gasteiger partial charge < -0.3 is 4.90 Å². The Hall–Kier alpha value is -1.91. The van der Waals surface area contributed by atoms with Crippen molar-refractivity contribution in [2.75, 3.05) is 18.5 Å². The van der Waals surface area contributed by atoms with Gasteiger partial charge in [-0.05, 0) is 25.0 Å². The molecule has 19 heavy (non-hydrogen) atoms. The Morgan fingerprint density at radius 1 is 1.47 bits per heavy atom. The number of hydrogen-bond donors (Lipinski definition) is 0. The number of nitro groups is 1. The van der Waals surface area contributed by atoms with E-state index in [2.05, 4.69) is 13.8 Å². The van der Waals surface area contributed by atoms with Crippen molar-refractivity contribution in [1.29, 1.82) is 0 Å². The molecule has 0 radical (unpaired) electrons. The van der Waals surface area contributed by atoms with Gasteiger partial charge in [0.15, 0.2) is 5.78 Å². The van der Waals surface area contributed by atoms with Crippen LogP contribution < -0.4 is 4.90 Å². The fraction of sp³-hybridized carbons (Fsp3) is 0.500. The second kappa shape index (κ2) is 6.31. The molecule has 1 unspecified atom stereocenters. The van der Waals surface area contributed by atoms with E-state index in [9.17, 15) is 14.9 Å². The predicted molar refractivity (Wildman–Crippen MR) is 75.8 cm³/mol. The van der Waals surface area contributed by atoms with Crippen LogP contribution in [-0.2, 0) is 0 Å². The van der Waals surface area contributed by atoms with Crippen molar-refractivity contribution in [2.24, 2.45) is 5.92 Å². The molecule has 0 aliphatic heterocycles. The third-order valence-corrected chi connectivity index (χ3v) is 3.28.